The van der Waals surface area contributed by atoms with Crippen LogP contribution in [-0.4, -0.2) is 58.4 Å². The molecule has 2 atom stereocenters. The van der Waals surface area contributed by atoms with Gasteiger partial charge in [0.15, 0.2) is 0 Å². The lowest BCUT2D eigenvalue weighted by molar-refractivity contribution is -0.141. The summed E-state index contributed by atoms with van der Waals surface area (Å²) in [6.07, 6.45) is 1.73. The van der Waals surface area contributed by atoms with Gasteiger partial charge in [0.25, 0.3) is 5.91 Å². The minimum absolute atomic E-state index is 0.187. The first-order chi connectivity index (χ1) is 11.9. The van der Waals surface area contributed by atoms with E-state index < -0.39 is 17.9 Å². The van der Waals surface area contributed by atoms with Gasteiger partial charge in [-0.05, 0) is 37.5 Å². The van der Waals surface area contributed by atoms with Crippen molar-refractivity contribution in [3.05, 3.63) is 33.8 Å². The van der Waals surface area contributed by atoms with Crippen LogP contribution in [0.25, 0.3) is 0 Å². The highest BCUT2D eigenvalue weighted by Crippen LogP contribution is 2.28. The average molecular weight is 385 g/mol. The molecule has 0 aliphatic carbocycles. The van der Waals surface area contributed by atoms with E-state index in [1.165, 1.54) is 11.0 Å². The molecule has 134 valence electrons. The van der Waals surface area contributed by atoms with Crippen molar-refractivity contribution < 1.29 is 19.5 Å². The Morgan fingerprint density at radius 1 is 1.12 bits per heavy atom. The second-order valence-corrected chi connectivity index (χ2v) is 7.23. The fourth-order valence-electron chi connectivity index (χ4n) is 3.46. The monoisotopic (exact) mass is 384 g/mol. The fourth-order valence-corrected chi connectivity index (χ4v) is 3.83. The van der Waals surface area contributed by atoms with E-state index in [0.29, 0.717) is 36.0 Å². The van der Waals surface area contributed by atoms with Gasteiger partial charge in [0.05, 0.1) is 16.5 Å². The number of aliphatic carboxylic acids is 1. The highest BCUT2D eigenvalue weighted by Gasteiger charge is 2.40. The predicted molar refractivity (Wildman–Crippen MR) is 92.8 cm³/mol. The molecule has 6 nitrogen and oxygen atoms in total. The van der Waals surface area contributed by atoms with Gasteiger partial charge in [0.1, 0.15) is 6.04 Å². The number of hydrogen-bond donors (Lipinski definition) is 1. The summed E-state index contributed by atoms with van der Waals surface area (Å²) < 4.78 is 0. The number of amides is 2. The molecule has 2 aliphatic rings. The van der Waals surface area contributed by atoms with Gasteiger partial charge in [-0.3, -0.25) is 14.4 Å². The van der Waals surface area contributed by atoms with Gasteiger partial charge < -0.3 is 14.9 Å². The molecule has 0 saturated carbocycles. The van der Waals surface area contributed by atoms with Crippen LogP contribution in [0.2, 0.25) is 10.0 Å². The van der Waals surface area contributed by atoms with Gasteiger partial charge in [0.2, 0.25) is 5.91 Å². The van der Waals surface area contributed by atoms with Crippen molar-refractivity contribution in [2.45, 2.75) is 25.3 Å². The number of rotatable bonds is 3. The molecule has 2 unspecified atom stereocenters. The van der Waals surface area contributed by atoms with Crippen molar-refractivity contribution in [1.82, 2.24) is 9.80 Å². The predicted octanol–water partition coefficient (Wildman–Crippen LogP) is 2.53. The molecule has 2 saturated heterocycles. The molecule has 0 radical (unpaired) electrons. The van der Waals surface area contributed by atoms with Crippen LogP contribution < -0.4 is 0 Å². The molecular weight excluding hydrogens is 367 g/mol. The number of hydrogen-bond acceptors (Lipinski definition) is 3. The maximum atomic E-state index is 12.8. The summed E-state index contributed by atoms with van der Waals surface area (Å²) in [6, 6.07) is 4.09. The second-order valence-electron chi connectivity index (χ2n) is 6.39. The average Bonchev–Trinajstić information content (AvgIpc) is 3.25. The van der Waals surface area contributed by atoms with Crippen molar-refractivity contribution in [2.24, 2.45) is 5.92 Å². The molecule has 2 heterocycles. The van der Waals surface area contributed by atoms with Crippen molar-refractivity contribution in [3.8, 4) is 0 Å². The first-order valence-electron chi connectivity index (χ1n) is 8.16. The number of carboxylic acid groups (broad SMARTS) is 1. The zero-order valence-electron chi connectivity index (χ0n) is 13.5. The molecule has 2 fully saturated rings. The lowest BCUT2D eigenvalue weighted by Crippen LogP contribution is -2.47. The van der Waals surface area contributed by atoms with E-state index in [-0.39, 0.29) is 23.9 Å². The van der Waals surface area contributed by atoms with Gasteiger partial charge in [-0.2, -0.15) is 0 Å². The minimum Gasteiger partial charge on any atom is -0.481 e. The Morgan fingerprint density at radius 3 is 2.56 bits per heavy atom. The maximum absolute atomic E-state index is 12.8. The number of likely N-dealkylation sites (tertiary alicyclic amines) is 2. The molecule has 0 aromatic heterocycles. The second kappa shape index (κ2) is 7.22. The standard InChI is InChI=1S/C17H18Cl2N2O4/c18-11-3-4-13(19)12(8-11)15(22)21-6-1-2-14(21)16(23)20-7-5-10(9-20)17(24)25/h3-4,8,10,14H,1-2,5-7,9H2,(H,24,25). The SMILES string of the molecule is O=C(O)C1CCN(C(=O)C2CCCN2C(=O)c2cc(Cl)ccc2Cl)C1. The van der Waals surface area contributed by atoms with E-state index in [9.17, 15) is 14.4 Å². The van der Waals surface area contributed by atoms with Gasteiger partial charge >= 0.3 is 5.97 Å². The summed E-state index contributed by atoms with van der Waals surface area (Å²) in [6.45, 7) is 1.07. The number of benzene rings is 1. The van der Waals surface area contributed by atoms with Crippen molar-refractivity contribution in [3.63, 3.8) is 0 Å². The maximum Gasteiger partial charge on any atom is 0.308 e. The minimum atomic E-state index is -0.889. The summed E-state index contributed by atoms with van der Waals surface area (Å²) in [4.78, 5) is 39.8. The Bertz CT molecular complexity index is 725. The Balaban J connectivity index is 1.76. The van der Waals surface area contributed by atoms with Crippen LogP contribution in [0.4, 0.5) is 0 Å². The zero-order chi connectivity index (χ0) is 18.1. The Morgan fingerprint density at radius 2 is 1.88 bits per heavy atom. The van der Waals surface area contributed by atoms with E-state index in [1.807, 2.05) is 0 Å². The molecule has 0 bridgehead atoms. The summed E-state index contributed by atoms with van der Waals surface area (Å²) in [5.74, 6) is -1.93. The molecule has 8 heteroatoms. The van der Waals surface area contributed by atoms with Crippen molar-refractivity contribution in [1.29, 1.82) is 0 Å². The lowest BCUT2D eigenvalue weighted by Gasteiger charge is -2.28. The van der Waals surface area contributed by atoms with Gasteiger partial charge in [-0.25, -0.2) is 0 Å². The van der Waals surface area contributed by atoms with Crippen LogP contribution in [-0.2, 0) is 9.59 Å². The molecule has 25 heavy (non-hydrogen) atoms. The Labute approximate surface area is 155 Å². The summed E-state index contributed by atoms with van der Waals surface area (Å²) >= 11 is 12.1. The van der Waals surface area contributed by atoms with Crippen LogP contribution in [0.5, 0.6) is 0 Å². The molecule has 2 aliphatic heterocycles. The topological polar surface area (TPSA) is 77.9 Å². The molecule has 0 spiro atoms. The third kappa shape index (κ3) is 3.60. The van der Waals surface area contributed by atoms with E-state index in [2.05, 4.69) is 0 Å². The van der Waals surface area contributed by atoms with Gasteiger partial charge in [-0.15, -0.1) is 0 Å². The summed E-state index contributed by atoms with van der Waals surface area (Å²) in [5.41, 5.74) is 0.277. The van der Waals surface area contributed by atoms with Crippen LogP contribution in [0.15, 0.2) is 18.2 Å². The smallest absolute Gasteiger partial charge is 0.308 e. The number of nitrogens with zero attached hydrogens (tertiary/aromatic N) is 2. The third-order valence-corrected chi connectivity index (χ3v) is 5.37. The van der Waals surface area contributed by atoms with Crippen LogP contribution in [0.1, 0.15) is 29.6 Å². The molecule has 1 aromatic carbocycles. The Kier molecular flexibility index (Phi) is 5.20. The Hall–Kier alpha value is -1.79. The van der Waals surface area contributed by atoms with Crippen molar-refractivity contribution >= 4 is 41.0 Å². The summed E-state index contributed by atoms with van der Waals surface area (Å²) in [5, 5.41) is 9.79. The first kappa shape index (κ1) is 18.0. The highest BCUT2D eigenvalue weighted by atomic mass is 35.5. The largest absolute Gasteiger partial charge is 0.481 e. The number of halogens is 2. The van der Waals surface area contributed by atoms with E-state index >= 15 is 0 Å². The van der Waals surface area contributed by atoms with Crippen LogP contribution in [0.3, 0.4) is 0 Å². The first-order valence-corrected chi connectivity index (χ1v) is 8.91. The highest BCUT2D eigenvalue weighted by molar-refractivity contribution is 6.35. The van der Waals surface area contributed by atoms with E-state index in [0.717, 1.165) is 6.42 Å². The quantitative estimate of drug-likeness (QED) is 0.868. The number of carbonyl (C=O) groups is 3. The normalized spacial score (nSPS) is 23.1. The van der Waals surface area contributed by atoms with E-state index in [4.69, 9.17) is 28.3 Å². The zero-order valence-corrected chi connectivity index (χ0v) is 15.0. The van der Waals surface area contributed by atoms with Gasteiger partial charge in [0, 0.05) is 24.7 Å². The number of carboxylic acids is 1. The van der Waals surface area contributed by atoms with Gasteiger partial charge in [-0.1, -0.05) is 23.2 Å². The molecule has 1 aromatic rings. The molecule has 3 rings (SSSR count). The van der Waals surface area contributed by atoms with Crippen molar-refractivity contribution in [2.75, 3.05) is 19.6 Å². The number of carbonyl (C=O) groups excluding carboxylic acids is 2. The lowest BCUT2D eigenvalue weighted by atomic mass is 10.1. The molecule has 1 N–H and O–H groups in total. The summed E-state index contributed by atoms with van der Waals surface area (Å²) in [7, 11) is 0. The third-order valence-electron chi connectivity index (χ3n) is 4.81. The fraction of sp³-hybridized carbons (Fsp3) is 0.471. The van der Waals surface area contributed by atoms with Crippen LogP contribution in [0, 0.1) is 5.92 Å². The van der Waals surface area contributed by atoms with Crippen LogP contribution >= 0.6 is 23.2 Å². The van der Waals surface area contributed by atoms with E-state index in [1.54, 1.807) is 17.0 Å². The molecule has 2 amide bonds. The molecular formula is C17H18Cl2N2O4.